The number of aliphatic hydroxyl groups is 1. The standard InChI is InChI=1S/C22H31NO2/c1-5-19(4)23(14-20-12-11-17(2)13-18(20)3)15-21(24)16-25-22-9-7-6-8-10-22/h6-13,19,21,24H,5,14-16H2,1-4H3/t19-,21+/m0/s1. The Labute approximate surface area is 152 Å². The molecule has 2 aromatic rings. The highest BCUT2D eigenvalue weighted by Crippen LogP contribution is 2.17. The molecule has 2 rings (SSSR count). The number of aliphatic hydroxyl groups excluding tert-OH is 1. The van der Waals surface area contributed by atoms with Gasteiger partial charge in [-0.15, -0.1) is 0 Å². The number of nitrogens with zero attached hydrogens (tertiary/aromatic N) is 1. The Hall–Kier alpha value is -1.84. The number of hydrogen-bond acceptors (Lipinski definition) is 3. The molecule has 2 atom stereocenters. The summed E-state index contributed by atoms with van der Waals surface area (Å²) in [6, 6.07) is 16.6. The number of hydrogen-bond donors (Lipinski definition) is 1. The number of aryl methyl sites for hydroxylation is 2. The summed E-state index contributed by atoms with van der Waals surface area (Å²) in [6.45, 7) is 10.4. The Morgan fingerprint density at radius 1 is 1.08 bits per heavy atom. The average Bonchev–Trinajstić information content (AvgIpc) is 2.61. The summed E-state index contributed by atoms with van der Waals surface area (Å²) >= 11 is 0. The van der Waals surface area contributed by atoms with Gasteiger partial charge < -0.3 is 9.84 Å². The molecule has 0 aliphatic rings. The van der Waals surface area contributed by atoms with E-state index in [0.717, 1.165) is 18.7 Å². The minimum absolute atomic E-state index is 0.309. The molecule has 0 heterocycles. The van der Waals surface area contributed by atoms with Crippen molar-refractivity contribution in [3.8, 4) is 5.75 Å². The Morgan fingerprint density at radius 3 is 2.44 bits per heavy atom. The molecule has 3 nitrogen and oxygen atoms in total. The third-order valence-corrected chi connectivity index (χ3v) is 4.72. The largest absolute Gasteiger partial charge is 0.491 e. The lowest BCUT2D eigenvalue weighted by Crippen LogP contribution is -2.40. The van der Waals surface area contributed by atoms with Gasteiger partial charge in [0, 0.05) is 19.1 Å². The Balaban J connectivity index is 1.97. The van der Waals surface area contributed by atoms with Crippen molar-refractivity contribution in [1.29, 1.82) is 0 Å². The van der Waals surface area contributed by atoms with E-state index in [4.69, 9.17) is 4.74 Å². The van der Waals surface area contributed by atoms with Crippen LogP contribution in [0.2, 0.25) is 0 Å². The second-order valence-corrected chi connectivity index (χ2v) is 6.89. The minimum atomic E-state index is -0.514. The van der Waals surface area contributed by atoms with Crippen LogP contribution in [-0.4, -0.2) is 35.3 Å². The molecule has 25 heavy (non-hydrogen) atoms. The summed E-state index contributed by atoms with van der Waals surface area (Å²) in [5.74, 6) is 0.797. The first-order valence-corrected chi connectivity index (χ1v) is 9.15. The summed E-state index contributed by atoms with van der Waals surface area (Å²) in [7, 11) is 0. The lowest BCUT2D eigenvalue weighted by molar-refractivity contribution is 0.0505. The molecule has 0 saturated carbocycles. The van der Waals surface area contributed by atoms with Crippen LogP contribution in [0.25, 0.3) is 0 Å². The van der Waals surface area contributed by atoms with Crippen molar-refractivity contribution < 1.29 is 9.84 Å². The lowest BCUT2D eigenvalue weighted by Gasteiger charge is -2.31. The van der Waals surface area contributed by atoms with E-state index in [1.54, 1.807) is 0 Å². The van der Waals surface area contributed by atoms with Crippen LogP contribution in [-0.2, 0) is 6.54 Å². The van der Waals surface area contributed by atoms with Crippen LogP contribution in [0.5, 0.6) is 5.75 Å². The van der Waals surface area contributed by atoms with Gasteiger partial charge in [0.25, 0.3) is 0 Å². The highest BCUT2D eigenvalue weighted by atomic mass is 16.5. The molecule has 0 unspecified atom stereocenters. The van der Waals surface area contributed by atoms with E-state index in [9.17, 15) is 5.11 Å². The quantitative estimate of drug-likeness (QED) is 0.736. The van der Waals surface area contributed by atoms with E-state index >= 15 is 0 Å². The molecular weight excluding hydrogens is 310 g/mol. The molecule has 0 amide bonds. The predicted molar refractivity (Wildman–Crippen MR) is 104 cm³/mol. The van der Waals surface area contributed by atoms with Gasteiger partial charge in [-0.25, -0.2) is 0 Å². The number of benzene rings is 2. The maximum atomic E-state index is 10.5. The highest BCUT2D eigenvalue weighted by Gasteiger charge is 2.18. The molecule has 0 aliphatic heterocycles. The number of ether oxygens (including phenoxy) is 1. The zero-order chi connectivity index (χ0) is 18.2. The van der Waals surface area contributed by atoms with Gasteiger partial charge in [-0.2, -0.15) is 0 Å². The molecule has 0 bridgehead atoms. The Bertz CT molecular complexity index is 642. The maximum Gasteiger partial charge on any atom is 0.119 e. The molecule has 136 valence electrons. The first-order chi connectivity index (χ1) is 12.0. The fourth-order valence-electron chi connectivity index (χ4n) is 2.93. The van der Waals surface area contributed by atoms with Crippen LogP contribution in [0.4, 0.5) is 0 Å². The van der Waals surface area contributed by atoms with Crippen molar-refractivity contribution in [2.45, 2.75) is 52.8 Å². The lowest BCUT2D eigenvalue weighted by atomic mass is 10.0. The molecule has 0 fully saturated rings. The summed E-state index contributed by atoms with van der Waals surface area (Å²) in [5.41, 5.74) is 3.91. The van der Waals surface area contributed by atoms with E-state index < -0.39 is 6.10 Å². The van der Waals surface area contributed by atoms with Crippen LogP contribution in [0.3, 0.4) is 0 Å². The van der Waals surface area contributed by atoms with Crippen molar-refractivity contribution in [1.82, 2.24) is 4.90 Å². The maximum absolute atomic E-state index is 10.5. The SMILES string of the molecule is CC[C@H](C)N(Cc1ccc(C)cc1C)C[C@@H](O)COc1ccccc1. The van der Waals surface area contributed by atoms with Crippen LogP contribution in [0, 0.1) is 13.8 Å². The molecule has 0 saturated heterocycles. The van der Waals surface area contributed by atoms with Gasteiger partial charge in [0.05, 0.1) is 0 Å². The van der Waals surface area contributed by atoms with E-state index in [1.165, 1.54) is 16.7 Å². The van der Waals surface area contributed by atoms with Gasteiger partial charge in [-0.3, -0.25) is 4.90 Å². The Kier molecular flexibility index (Phi) is 7.48. The van der Waals surface area contributed by atoms with Gasteiger partial charge in [-0.05, 0) is 50.5 Å². The van der Waals surface area contributed by atoms with Crippen LogP contribution in [0.1, 0.15) is 37.0 Å². The van der Waals surface area contributed by atoms with E-state index in [-0.39, 0.29) is 0 Å². The van der Waals surface area contributed by atoms with Crippen LogP contribution >= 0.6 is 0 Å². The average molecular weight is 341 g/mol. The smallest absolute Gasteiger partial charge is 0.119 e. The fourth-order valence-corrected chi connectivity index (χ4v) is 2.93. The molecular formula is C22H31NO2. The second kappa shape index (κ2) is 9.59. The van der Waals surface area contributed by atoms with Crippen molar-refractivity contribution in [2.24, 2.45) is 0 Å². The molecule has 0 aliphatic carbocycles. The van der Waals surface area contributed by atoms with E-state index in [2.05, 4.69) is 50.8 Å². The van der Waals surface area contributed by atoms with Crippen LogP contribution < -0.4 is 4.74 Å². The molecule has 0 aromatic heterocycles. The first kappa shape index (κ1) is 19.5. The van der Waals surface area contributed by atoms with E-state index in [0.29, 0.717) is 19.2 Å². The molecule has 3 heteroatoms. The van der Waals surface area contributed by atoms with Crippen molar-refractivity contribution >= 4 is 0 Å². The second-order valence-electron chi connectivity index (χ2n) is 6.89. The zero-order valence-electron chi connectivity index (χ0n) is 15.9. The highest BCUT2D eigenvalue weighted by molar-refractivity contribution is 5.30. The fraction of sp³-hybridized carbons (Fsp3) is 0.455. The van der Waals surface area contributed by atoms with Gasteiger partial charge in [0.2, 0.25) is 0 Å². The summed E-state index contributed by atoms with van der Waals surface area (Å²) in [5, 5.41) is 10.5. The van der Waals surface area contributed by atoms with Crippen LogP contribution in [0.15, 0.2) is 48.5 Å². The summed E-state index contributed by atoms with van der Waals surface area (Å²) < 4.78 is 5.70. The third kappa shape index (κ3) is 6.18. The van der Waals surface area contributed by atoms with Gasteiger partial charge in [-0.1, -0.05) is 48.9 Å². The van der Waals surface area contributed by atoms with Crippen molar-refractivity contribution in [3.05, 3.63) is 65.2 Å². The number of para-hydroxylation sites is 1. The molecule has 2 aromatic carbocycles. The van der Waals surface area contributed by atoms with E-state index in [1.807, 2.05) is 30.3 Å². The van der Waals surface area contributed by atoms with Gasteiger partial charge >= 0.3 is 0 Å². The summed E-state index contributed by atoms with van der Waals surface area (Å²) in [6.07, 6.45) is 0.539. The third-order valence-electron chi connectivity index (χ3n) is 4.72. The normalized spacial score (nSPS) is 13.7. The zero-order valence-corrected chi connectivity index (χ0v) is 15.9. The molecule has 1 N–H and O–H groups in total. The topological polar surface area (TPSA) is 32.7 Å². The Morgan fingerprint density at radius 2 is 1.80 bits per heavy atom. The van der Waals surface area contributed by atoms with Crippen molar-refractivity contribution in [3.63, 3.8) is 0 Å². The first-order valence-electron chi connectivity index (χ1n) is 9.15. The predicted octanol–water partition coefficient (Wildman–Crippen LogP) is 4.34. The summed E-state index contributed by atoms with van der Waals surface area (Å²) in [4.78, 5) is 2.34. The monoisotopic (exact) mass is 341 g/mol. The number of rotatable bonds is 9. The van der Waals surface area contributed by atoms with Crippen molar-refractivity contribution in [2.75, 3.05) is 13.2 Å². The molecule has 0 radical (unpaired) electrons. The van der Waals surface area contributed by atoms with Gasteiger partial charge in [0.1, 0.15) is 18.5 Å². The minimum Gasteiger partial charge on any atom is -0.491 e. The molecule has 0 spiro atoms. The van der Waals surface area contributed by atoms with Gasteiger partial charge in [0.15, 0.2) is 0 Å².